The highest BCUT2D eigenvalue weighted by atomic mass is 19.4. The molecular formula is C6H8F3N3O. The number of aliphatic hydroxyl groups is 1. The molecule has 1 aromatic rings. The Morgan fingerprint density at radius 2 is 2.23 bits per heavy atom. The van der Waals surface area contributed by atoms with Gasteiger partial charge in [-0.25, -0.2) is 0 Å². The van der Waals surface area contributed by atoms with Crippen molar-refractivity contribution in [1.82, 2.24) is 14.8 Å². The van der Waals surface area contributed by atoms with E-state index >= 15 is 0 Å². The van der Waals surface area contributed by atoms with Crippen molar-refractivity contribution in [3.05, 3.63) is 12.2 Å². The van der Waals surface area contributed by atoms with Gasteiger partial charge in [0.15, 0.2) is 5.82 Å². The minimum absolute atomic E-state index is 0.0858. The molecular weight excluding hydrogens is 187 g/mol. The lowest BCUT2D eigenvalue weighted by atomic mass is 10.4. The fourth-order valence-corrected chi connectivity index (χ4v) is 0.902. The van der Waals surface area contributed by atoms with E-state index in [1.165, 1.54) is 6.92 Å². The van der Waals surface area contributed by atoms with Gasteiger partial charge in [-0.1, -0.05) is 0 Å². The molecule has 0 aliphatic carbocycles. The van der Waals surface area contributed by atoms with Crippen molar-refractivity contribution in [3.63, 3.8) is 0 Å². The van der Waals surface area contributed by atoms with Gasteiger partial charge in [-0.3, -0.25) is 0 Å². The van der Waals surface area contributed by atoms with Crippen LogP contribution in [-0.4, -0.2) is 26.0 Å². The summed E-state index contributed by atoms with van der Waals surface area (Å²) in [6.45, 7) is 0.150. The van der Waals surface area contributed by atoms with Crippen LogP contribution in [0.5, 0.6) is 0 Å². The molecule has 0 spiro atoms. The molecule has 0 saturated carbocycles. The molecule has 0 fully saturated rings. The van der Waals surface area contributed by atoms with Gasteiger partial charge in [0.25, 0.3) is 0 Å². The molecule has 0 aliphatic rings. The van der Waals surface area contributed by atoms with Gasteiger partial charge in [0, 0.05) is 0 Å². The smallest absolute Gasteiger partial charge is 0.385 e. The Morgan fingerprint density at radius 3 is 2.69 bits per heavy atom. The van der Waals surface area contributed by atoms with E-state index in [1.807, 2.05) is 0 Å². The van der Waals surface area contributed by atoms with Gasteiger partial charge < -0.3 is 9.67 Å². The van der Waals surface area contributed by atoms with E-state index in [2.05, 4.69) is 10.2 Å². The molecule has 0 saturated heterocycles. The highest BCUT2D eigenvalue weighted by Crippen LogP contribution is 2.19. The molecule has 1 atom stereocenters. The summed E-state index contributed by atoms with van der Waals surface area (Å²) in [5.41, 5.74) is 0. The summed E-state index contributed by atoms with van der Waals surface area (Å²) in [4.78, 5) is 0. The molecule has 74 valence electrons. The van der Waals surface area contributed by atoms with Crippen molar-refractivity contribution in [1.29, 1.82) is 0 Å². The number of alkyl halides is 3. The van der Waals surface area contributed by atoms with Crippen LogP contribution in [-0.2, 0) is 6.54 Å². The Balaban J connectivity index is 2.83. The molecule has 0 unspecified atom stereocenters. The van der Waals surface area contributed by atoms with Crippen LogP contribution in [0.2, 0.25) is 0 Å². The molecule has 7 heteroatoms. The quantitative estimate of drug-likeness (QED) is 0.762. The Labute approximate surface area is 72.0 Å². The maximum atomic E-state index is 11.9. The summed E-state index contributed by atoms with van der Waals surface area (Å²) in [6, 6.07) is 0. The number of aromatic nitrogens is 3. The predicted octanol–water partition coefficient (Wildman–Crippen LogP) is 0.894. The zero-order valence-electron chi connectivity index (χ0n) is 6.78. The van der Waals surface area contributed by atoms with Crippen LogP contribution < -0.4 is 0 Å². The first-order valence-corrected chi connectivity index (χ1v) is 3.52. The maximum Gasteiger partial charge on any atom is 0.406 e. The van der Waals surface area contributed by atoms with Gasteiger partial charge in [0.1, 0.15) is 19.0 Å². The predicted molar refractivity (Wildman–Crippen MR) is 36.7 cm³/mol. The van der Waals surface area contributed by atoms with Crippen LogP contribution in [0.15, 0.2) is 6.33 Å². The normalized spacial score (nSPS) is 14.5. The number of nitrogens with zero attached hydrogens (tertiary/aromatic N) is 3. The zero-order valence-corrected chi connectivity index (χ0v) is 6.78. The third-order valence-corrected chi connectivity index (χ3v) is 1.37. The first-order chi connectivity index (χ1) is 5.90. The van der Waals surface area contributed by atoms with Crippen molar-refractivity contribution >= 4 is 0 Å². The second kappa shape index (κ2) is 3.33. The second-order valence-corrected chi connectivity index (χ2v) is 2.61. The van der Waals surface area contributed by atoms with E-state index in [-0.39, 0.29) is 5.82 Å². The monoisotopic (exact) mass is 195 g/mol. The van der Waals surface area contributed by atoms with Gasteiger partial charge in [0.05, 0.1) is 0 Å². The highest BCUT2D eigenvalue weighted by molar-refractivity contribution is 4.89. The summed E-state index contributed by atoms with van der Waals surface area (Å²) < 4.78 is 36.5. The van der Waals surface area contributed by atoms with Crippen LogP contribution in [0.3, 0.4) is 0 Å². The van der Waals surface area contributed by atoms with Crippen LogP contribution >= 0.6 is 0 Å². The van der Waals surface area contributed by atoms with Crippen molar-refractivity contribution in [2.45, 2.75) is 25.7 Å². The van der Waals surface area contributed by atoms with Gasteiger partial charge in [-0.15, -0.1) is 10.2 Å². The summed E-state index contributed by atoms with van der Waals surface area (Å²) in [5, 5.41) is 15.6. The van der Waals surface area contributed by atoms with Crippen LogP contribution in [0.4, 0.5) is 13.2 Å². The fourth-order valence-electron chi connectivity index (χ4n) is 0.902. The highest BCUT2D eigenvalue weighted by Gasteiger charge is 2.29. The SMILES string of the molecule is C[C@H](O)c1nncn1CC(F)(F)F. The molecule has 1 aromatic heterocycles. The number of hydrogen-bond donors (Lipinski definition) is 1. The lowest BCUT2D eigenvalue weighted by Crippen LogP contribution is -2.19. The second-order valence-electron chi connectivity index (χ2n) is 2.61. The number of hydrogen-bond acceptors (Lipinski definition) is 3. The molecule has 4 nitrogen and oxygen atoms in total. The van der Waals surface area contributed by atoms with Gasteiger partial charge in [-0.05, 0) is 6.92 Å². The molecule has 0 bridgehead atoms. The molecule has 13 heavy (non-hydrogen) atoms. The molecule has 0 aromatic carbocycles. The molecule has 0 amide bonds. The van der Waals surface area contributed by atoms with Crippen molar-refractivity contribution in [3.8, 4) is 0 Å². The number of halogens is 3. The molecule has 0 aliphatic heterocycles. The summed E-state index contributed by atoms with van der Waals surface area (Å²) >= 11 is 0. The van der Waals surface area contributed by atoms with Gasteiger partial charge in [-0.2, -0.15) is 13.2 Å². The molecule has 1 N–H and O–H groups in total. The number of rotatable bonds is 2. The minimum atomic E-state index is -4.33. The Kier molecular flexibility index (Phi) is 2.55. The van der Waals surface area contributed by atoms with E-state index in [0.717, 1.165) is 10.9 Å². The first-order valence-electron chi connectivity index (χ1n) is 3.52. The van der Waals surface area contributed by atoms with Gasteiger partial charge >= 0.3 is 6.18 Å². The molecule has 1 heterocycles. The summed E-state index contributed by atoms with van der Waals surface area (Å²) in [5.74, 6) is -0.0858. The maximum absolute atomic E-state index is 11.9. The minimum Gasteiger partial charge on any atom is -0.385 e. The van der Waals surface area contributed by atoms with Crippen LogP contribution in [0, 0.1) is 0 Å². The lowest BCUT2D eigenvalue weighted by molar-refractivity contribution is -0.141. The Morgan fingerprint density at radius 1 is 1.62 bits per heavy atom. The number of aliphatic hydroxyl groups excluding tert-OH is 1. The Bertz CT molecular complexity index is 281. The summed E-state index contributed by atoms with van der Waals surface area (Å²) in [7, 11) is 0. The molecule has 1 rings (SSSR count). The zero-order chi connectivity index (χ0) is 10.1. The third kappa shape index (κ3) is 2.69. The van der Waals surface area contributed by atoms with Crippen molar-refractivity contribution in [2.24, 2.45) is 0 Å². The first kappa shape index (κ1) is 9.97. The van der Waals surface area contributed by atoms with E-state index in [9.17, 15) is 13.2 Å². The van der Waals surface area contributed by atoms with Crippen molar-refractivity contribution < 1.29 is 18.3 Å². The average Bonchev–Trinajstić information content (AvgIpc) is 2.31. The van der Waals surface area contributed by atoms with Gasteiger partial charge in [0.2, 0.25) is 0 Å². The topological polar surface area (TPSA) is 50.9 Å². The van der Waals surface area contributed by atoms with Crippen molar-refractivity contribution in [2.75, 3.05) is 0 Å². The van der Waals surface area contributed by atoms with Crippen LogP contribution in [0.1, 0.15) is 18.9 Å². The Hall–Kier alpha value is -1.11. The largest absolute Gasteiger partial charge is 0.406 e. The van der Waals surface area contributed by atoms with E-state index in [1.54, 1.807) is 0 Å². The van der Waals surface area contributed by atoms with E-state index in [0.29, 0.717) is 0 Å². The lowest BCUT2D eigenvalue weighted by Gasteiger charge is -2.10. The average molecular weight is 195 g/mol. The van der Waals surface area contributed by atoms with Crippen LogP contribution in [0.25, 0.3) is 0 Å². The van der Waals surface area contributed by atoms with E-state index in [4.69, 9.17) is 5.11 Å². The standard InChI is InChI=1S/C6H8F3N3O/c1-4(13)5-11-10-3-12(5)2-6(7,8)9/h3-4,13H,2H2,1H3/t4-/m0/s1. The summed E-state index contributed by atoms with van der Waals surface area (Å²) in [6.07, 6.45) is -4.44. The van der Waals surface area contributed by atoms with E-state index < -0.39 is 18.8 Å². The molecule has 0 radical (unpaired) electrons. The third-order valence-electron chi connectivity index (χ3n) is 1.37. The fraction of sp³-hybridized carbons (Fsp3) is 0.667.